The fraction of sp³-hybridized carbons (Fsp3) is 0.476. The van der Waals surface area contributed by atoms with Crippen LogP contribution in [0.25, 0.3) is 0 Å². The van der Waals surface area contributed by atoms with Crippen molar-refractivity contribution in [2.45, 2.75) is 58.4 Å². The Bertz CT molecular complexity index is 714. The molecule has 1 aliphatic rings. The Labute approximate surface area is 158 Å². The van der Waals surface area contributed by atoms with Gasteiger partial charge in [-0.3, -0.25) is 4.79 Å². The van der Waals surface area contributed by atoms with E-state index in [1.807, 2.05) is 19.9 Å². The SMILES string of the molecule is C=C(C)C1=C(NC(CCc2ccc(F)cc2P)C(C)CC(=O)O)CCC1. The van der Waals surface area contributed by atoms with Crippen LogP contribution in [0.5, 0.6) is 0 Å². The van der Waals surface area contributed by atoms with E-state index >= 15 is 0 Å². The van der Waals surface area contributed by atoms with Crippen molar-refractivity contribution in [3.8, 4) is 0 Å². The second-order valence-corrected chi connectivity index (χ2v) is 7.92. The van der Waals surface area contributed by atoms with Gasteiger partial charge in [-0.2, -0.15) is 0 Å². The van der Waals surface area contributed by atoms with E-state index in [0.29, 0.717) is 0 Å². The summed E-state index contributed by atoms with van der Waals surface area (Å²) < 4.78 is 13.3. The van der Waals surface area contributed by atoms with Gasteiger partial charge >= 0.3 is 5.97 Å². The van der Waals surface area contributed by atoms with Gasteiger partial charge in [0.05, 0.1) is 0 Å². The Kier molecular flexibility index (Phi) is 7.40. The lowest BCUT2D eigenvalue weighted by atomic mass is 9.92. The molecule has 5 heteroatoms. The molecule has 0 spiro atoms. The molecule has 1 aromatic carbocycles. The van der Waals surface area contributed by atoms with Gasteiger partial charge in [-0.15, -0.1) is 9.24 Å². The molecule has 26 heavy (non-hydrogen) atoms. The van der Waals surface area contributed by atoms with Crippen LogP contribution in [0.15, 0.2) is 41.6 Å². The summed E-state index contributed by atoms with van der Waals surface area (Å²) in [5, 5.41) is 13.7. The largest absolute Gasteiger partial charge is 0.481 e. The maximum Gasteiger partial charge on any atom is 0.303 e. The van der Waals surface area contributed by atoms with Gasteiger partial charge in [0.25, 0.3) is 0 Å². The predicted molar refractivity (Wildman–Crippen MR) is 108 cm³/mol. The molecule has 0 amide bonds. The number of allylic oxidation sites excluding steroid dienone is 3. The van der Waals surface area contributed by atoms with Crippen molar-refractivity contribution in [3.05, 3.63) is 53.0 Å². The Morgan fingerprint density at radius 1 is 1.42 bits per heavy atom. The van der Waals surface area contributed by atoms with E-state index in [0.717, 1.165) is 48.5 Å². The maximum absolute atomic E-state index is 13.3. The molecule has 2 rings (SSSR count). The molecule has 3 atom stereocenters. The number of nitrogens with one attached hydrogen (secondary N) is 1. The fourth-order valence-corrected chi connectivity index (χ4v) is 4.02. The monoisotopic (exact) mass is 377 g/mol. The summed E-state index contributed by atoms with van der Waals surface area (Å²) in [5.41, 5.74) is 4.66. The van der Waals surface area contributed by atoms with E-state index in [2.05, 4.69) is 21.1 Å². The highest BCUT2D eigenvalue weighted by Gasteiger charge is 2.24. The van der Waals surface area contributed by atoms with Crippen molar-refractivity contribution in [2.24, 2.45) is 5.92 Å². The lowest BCUT2D eigenvalue weighted by molar-refractivity contribution is -0.138. The quantitative estimate of drug-likeness (QED) is 0.630. The third-order valence-electron chi connectivity index (χ3n) is 5.11. The highest BCUT2D eigenvalue weighted by atomic mass is 31.0. The van der Waals surface area contributed by atoms with E-state index in [4.69, 9.17) is 0 Å². The highest BCUT2D eigenvalue weighted by molar-refractivity contribution is 7.27. The first-order chi connectivity index (χ1) is 12.3. The normalized spacial score (nSPS) is 16.5. The van der Waals surface area contributed by atoms with Gasteiger partial charge in [0, 0.05) is 18.2 Å². The van der Waals surface area contributed by atoms with Gasteiger partial charge in [-0.1, -0.05) is 25.1 Å². The van der Waals surface area contributed by atoms with Crippen LogP contribution in [0.2, 0.25) is 0 Å². The maximum atomic E-state index is 13.3. The lowest BCUT2D eigenvalue weighted by Gasteiger charge is -2.27. The van der Waals surface area contributed by atoms with Crippen LogP contribution in [-0.2, 0) is 11.2 Å². The summed E-state index contributed by atoms with van der Waals surface area (Å²) >= 11 is 0. The molecule has 1 aliphatic carbocycles. The number of hydrogen-bond donors (Lipinski definition) is 2. The number of benzene rings is 1. The third kappa shape index (κ3) is 5.67. The van der Waals surface area contributed by atoms with E-state index in [1.54, 1.807) is 0 Å². The van der Waals surface area contributed by atoms with Crippen molar-refractivity contribution < 1.29 is 14.3 Å². The van der Waals surface area contributed by atoms with Gasteiger partial charge in [0.15, 0.2) is 0 Å². The number of carboxylic acid groups (broad SMARTS) is 1. The first kappa shape index (κ1) is 20.6. The topological polar surface area (TPSA) is 49.3 Å². The van der Waals surface area contributed by atoms with Gasteiger partial charge in [-0.05, 0) is 73.5 Å². The Morgan fingerprint density at radius 3 is 2.77 bits per heavy atom. The second kappa shape index (κ2) is 9.32. The van der Waals surface area contributed by atoms with Crippen LogP contribution < -0.4 is 10.6 Å². The predicted octanol–water partition coefficient (Wildman–Crippen LogP) is 4.34. The summed E-state index contributed by atoms with van der Waals surface area (Å²) in [6, 6.07) is 4.86. The van der Waals surface area contributed by atoms with Gasteiger partial charge in [0.1, 0.15) is 5.82 Å². The van der Waals surface area contributed by atoms with E-state index in [-0.39, 0.29) is 24.2 Å². The van der Waals surface area contributed by atoms with Crippen molar-refractivity contribution in [1.29, 1.82) is 0 Å². The third-order valence-corrected chi connectivity index (χ3v) is 5.65. The minimum Gasteiger partial charge on any atom is -0.481 e. The minimum absolute atomic E-state index is 0.000351. The Hall–Kier alpha value is -1.67. The molecule has 0 aromatic heterocycles. The van der Waals surface area contributed by atoms with Crippen LogP contribution in [0, 0.1) is 11.7 Å². The fourth-order valence-electron chi connectivity index (χ4n) is 3.62. The lowest BCUT2D eigenvalue weighted by Crippen LogP contribution is -2.36. The van der Waals surface area contributed by atoms with Gasteiger partial charge in [0.2, 0.25) is 0 Å². The van der Waals surface area contributed by atoms with Crippen LogP contribution in [-0.4, -0.2) is 17.1 Å². The molecule has 1 aromatic rings. The summed E-state index contributed by atoms with van der Waals surface area (Å²) in [4.78, 5) is 11.2. The van der Waals surface area contributed by atoms with Gasteiger partial charge in [-0.25, -0.2) is 4.39 Å². The first-order valence-corrected chi connectivity index (χ1v) is 9.75. The van der Waals surface area contributed by atoms with Crippen molar-refractivity contribution in [3.63, 3.8) is 0 Å². The molecule has 0 heterocycles. The molecular weight excluding hydrogens is 348 g/mol. The highest BCUT2D eigenvalue weighted by Crippen LogP contribution is 2.30. The van der Waals surface area contributed by atoms with E-state index in [9.17, 15) is 14.3 Å². The number of carbonyl (C=O) groups is 1. The molecule has 0 saturated carbocycles. The van der Waals surface area contributed by atoms with Crippen LogP contribution in [0.3, 0.4) is 0 Å². The zero-order valence-electron chi connectivity index (χ0n) is 15.6. The first-order valence-electron chi connectivity index (χ1n) is 9.18. The zero-order valence-corrected chi connectivity index (χ0v) is 16.8. The van der Waals surface area contributed by atoms with Crippen LogP contribution >= 0.6 is 9.24 Å². The molecule has 0 bridgehead atoms. The van der Waals surface area contributed by atoms with Crippen LogP contribution in [0.1, 0.15) is 51.5 Å². The van der Waals surface area contributed by atoms with Crippen molar-refractivity contribution in [2.75, 3.05) is 0 Å². The zero-order chi connectivity index (χ0) is 19.3. The number of aryl methyl sites for hydroxylation is 1. The molecule has 0 saturated heterocycles. The number of rotatable bonds is 9. The average molecular weight is 377 g/mol. The van der Waals surface area contributed by atoms with E-state index < -0.39 is 5.97 Å². The molecular formula is C21H29FNO2P. The second-order valence-electron chi connectivity index (χ2n) is 7.30. The molecule has 0 aliphatic heterocycles. The van der Waals surface area contributed by atoms with Crippen LogP contribution in [0.4, 0.5) is 4.39 Å². The molecule has 3 unspecified atom stereocenters. The van der Waals surface area contributed by atoms with Crippen molar-refractivity contribution >= 4 is 20.5 Å². The van der Waals surface area contributed by atoms with Gasteiger partial charge < -0.3 is 10.4 Å². The number of hydrogen-bond acceptors (Lipinski definition) is 2. The van der Waals surface area contributed by atoms with E-state index in [1.165, 1.54) is 23.4 Å². The summed E-state index contributed by atoms with van der Waals surface area (Å²) in [7, 11) is 2.58. The molecule has 2 N–H and O–H groups in total. The van der Waals surface area contributed by atoms with Crippen molar-refractivity contribution in [1.82, 2.24) is 5.32 Å². The summed E-state index contributed by atoms with van der Waals surface area (Å²) in [6.07, 6.45) is 4.84. The molecule has 142 valence electrons. The Morgan fingerprint density at radius 2 is 2.15 bits per heavy atom. The number of aliphatic carboxylic acids is 1. The molecule has 3 nitrogen and oxygen atoms in total. The standard InChI is InChI=1S/C21H29FNO2P/c1-13(2)17-5-4-6-19(17)23-18(14(3)11-21(24)25)10-8-15-7-9-16(22)12-20(15)26/h7,9,12,14,18,23H,1,4-6,8,10-11,26H2,2-3H3,(H,24,25). The summed E-state index contributed by atoms with van der Waals surface area (Å²) in [6.45, 7) is 8.08. The molecule has 0 fully saturated rings. The number of carboxylic acids is 1. The Balaban J connectivity index is 2.14. The molecule has 0 radical (unpaired) electrons. The minimum atomic E-state index is -0.779. The number of halogens is 1. The smallest absolute Gasteiger partial charge is 0.303 e. The summed E-state index contributed by atoms with van der Waals surface area (Å²) in [5.74, 6) is -1.02. The average Bonchev–Trinajstić information content (AvgIpc) is 3.00.